The van der Waals surface area contributed by atoms with E-state index in [1.807, 2.05) is 0 Å². The number of hydrogen-bond acceptors (Lipinski definition) is 20. The van der Waals surface area contributed by atoms with E-state index in [2.05, 4.69) is 15.0 Å². The monoisotopic (exact) mass is 1580 g/mol. The number of nitrogens with zero attached hydrogens (tertiary/aromatic N) is 9. The summed E-state index contributed by atoms with van der Waals surface area (Å²) in [5, 5.41) is 11.3. The molecular weight excluding hydrogens is 1520 g/mol. The van der Waals surface area contributed by atoms with Gasteiger partial charge in [0.25, 0.3) is 34.4 Å². The van der Waals surface area contributed by atoms with E-state index >= 15 is 0 Å². The standard InChI is InChI=1S/C26H24ClF2N3O6.C25H22ClF2N3O6.C24H20ClF2N3O5/c1-15-3-4-16(22(33)10-18-13-38-32(25(18)34)7-8-36-2)9-21(15)31-14-30-24(23(27)26(31)35)37-12-17-5-6-19(28)11-20(17)29;1-14-2-3-15(21(33)9-17-12-37-31(6-7-32)24(17)34)8-20(14)30-13-29-23(22(26)25(30)35)36-11-16-4-5-18(27)10-19(16)28;1-13-3-4-14(20(31)8-16-11-35-29(2)23(16)32)7-19(13)30-12-28-22(21(25)24(30)33)34-10-15-5-6-17(26)9-18(15)27/h3-6,9,11,14,18H,7-8,10,12-13H2,1-2H3;2-5,8,10,13,17,32H,6-7,9,11-12H2,1H3;3-7,9,12,16H,8,10-11H2,1-2H3/t18-;17-;16-/m111/s1. The summed E-state index contributed by atoms with van der Waals surface area (Å²) in [5.74, 6) is -8.99. The Kier molecular flexibility index (Phi) is 27.1. The first-order chi connectivity index (χ1) is 52.5. The topological polar surface area (TPSA) is 302 Å². The van der Waals surface area contributed by atoms with Gasteiger partial charge in [-0.3, -0.25) is 71.4 Å². The van der Waals surface area contributed by atoms with Gasteiger partial charge in [0.2, 0.25) is 17.6 Å². The molecule has 3 fully saturated rings. The van der Waals surface area contributed by atoms with Crippen molar-refractivity contribution in [3.63, 3.8) is 0 Å². The van der Waals surface area contributed by atoms with Crippen LogP contribution >= 0.6 is 34.8 Å². The number of aliphatic hydroxyl groups is 1. The smallest absolute Gasteiger partial charge is 0.280 e. The lowest BCUT2D eigenvalue weighted by atomic mass is 9.97. The number of Topliss-reactive ketones (excluding diaryl/α,β-unsaturated/α-hetero) is 3. The summed E-state index contributed by atoms with van der Waals surface area (Å²) in [7, 11) is 3.00. The van der Waals surface area contributed by atoms with Gasteiger partial charge in [0.15, 0.2) is 32.4 Å². The Morgan fingerprint density at radius 2 is 0.782 bits per heavy atom. The quantitative estimate of drug-likeness (QED) is 0.0389. The summed E-state index contributed by atoms with van der Waals surface area (Å²) >= 11 is 18.6. The third-order valence-electron chi connectivity index (χ3n) is 17.4. The number of amides is 3. The Bertz CT molecular complexity index is 5230. The van der Waals surface area contributed by atoms with Gasteiger partial charge in [-0.15, -0.1) is 0 Å². The van der Waals surface area contributed by atoms with Gasteiger partial charge in [-0.05, 0) is 92.1 Å². The van der Waals surface area contributed by atoms with E-state index in [1.165, 1.54) is 74.6 Å². The van der Waals surface area contributed by atoms with Crippen molar-refractivity contribution in [2.75, 3.05) is 60.3 Å². The molecule has 9 aromatic rings. The van der Waals surface area contributed by atoms with E-state index in [9.17, 15) is 69.5 Å². The van der Waals surface area contributed by atoms with Crippen molar-refractivity contribution in [2.45, 2.75) is 59.9 Å². The molecule has 0 radical (unpaired) electrons. The SMILES string of the molecule is COCCN1OC[C@@H](CC(=O)c2ccc(C)c(-n3cnc(OCc4ccc(F)cc4F)c(Cl)c3=O)c2)C1=O.Cc1ccc(C(=O)C[C@@H]2CON(C)C2=O)cc1-n1cnc(OCc2ccc(F)cc2F)c(Cl)c1=O.Cc1ccc(C(=O)C[C@@H]2CON(CCO)C2=O)cc1-n1cnc(OCc2ccc(F)cc2F)c(Cl)c1=O. The van der Waals surface area contributed by atoms with Crippen molar-refractivity contribution in [3.05, 3.63) is 259 Å². The van der Waals surface area contributed by atoms with Crippen LogP contribution < -0.4 is 30.9 Å². The molecule has 3 aromatic heterocycles. The first kappa shape index (κ1) is 81.5. The molecule has 3 saturated heterocycles. The third kappa shape index (κ3) is 19.4. The van der Waals surface area contributed by atoms with Crippen LogP contribution in [0.4, 0.5) is 26.3 Å². The first-order valence-corrected chi connectivity index (χ1v) is 34.5. The van der Waals surface area contributed by atoms with Gasteiger partial charge in [-0.2, -0.15) is 0 Å². The molecule has 26 nitrogen and oxygen atoms in total. The number of aliphatic hydroxyl groups excluding tert-OH is 1. The van der Waals surface area contributed by atoms with Crippen LogP contribution in [0.15, 0.2) is 143 Å². The van der Waals surface area contributed by atoms with Gasteiger partial charge in [0, 0.05) is 85.0 Å². The maximum absolute atomic E-state index is 13.9. The third-order valence-corrected chi connectivity index (χ3v) is 18.4. The zero-order chi connectivity index (χ0) is 79.4. The van der Waals surface area contributed by atoms with Crippen molar-refractivity contribution in [1.82, 2.24) is 43.8 Å². The number of hydroxylamine groups is 6. The molecule has 3 atom stereocenters. The summed E-state index contributed by atoms with van der Waals surface area (Å²) in [4.78, 5) is 142. The minimum Gasteiger partial charge on any atom is -0.471 e. The van der Waals surface area contributed by atoms with Crippen LogP contribution in [0.25, 0.3) is 17.1 Å². The zero-order valence-corrected chi connectivity index (χ0v) is 61.2. The second kappa shape index (κ2) is 36.5. The number of methoxy groups -OCH3 is 1. The fourth-order valence-electron chi connectivity index (χ4n) is 11.3. The predicted octanol–water partition coefficient (Wildman–Crippen LogP) is 10.3. The largest absolute Gasteiger partial charge is 0.471 e. The Labute approximate surface area is 636 Å². The second-order valence-electron chi connectivity index (χ2n) is 25.0. The van der Waals surface area contributed by atoms with Gasteiger partial charge in [-0.25, -0.2) is 56.5 Å². The van der Waals surface area contributed by atoms with Crippen LogP contribution in [0.5, 0.6) is 17.6 Å². The molecule has 576 valence electrons. The van der Waals surface area contributed by atoms with E-state index < -0.39 is 69.3 Å². The molecule has 0 bridgehead atoms. The van der Waals surface area contributed by atoms with Crippen LogP contribution in [0.2, 0.25) is 15.1 Å². The van der Waals surface area contributed by atoms with Crippen LogP contribution in [0.1, 0.15) is 83.7 Å². The number of aryl methyl sites for hydroxylation is 3. The fourth-order valence-corrected chi connectivity index (χ4v) is 11.8. The maximum Gasteiger partial charge on any atom is 0.280 e. The molecule has 3 aliphatic heterocycles. The molecule has 1 N–H and O–H groups in total. The average molecular weight is 1590 g/mol. The molecule has 6 heterocycles. The molecule has 3 amide bonds. The molecule has 12 rings (SSSR count). The number of carbonyl (C=O) groups is 6. The highest BCUT2D eigenvalue weighted by atomic mass is 35.5. The number of carbonyl (C=O) groups excluding carboxylic acids is 6. The van der Waals surface area contributed by atoms with Crippen molar-refractivity contribution in [1.29, 1.82) is 0 Å². The Morgan fingerprint density at radius 1 is 0.464 bits per heavy atom. The minimum atomic E-state index is -0.812. The Balaban J connectivity index is 0.000000176. The molecule has 35 heteroatoms. The molecule has 110 heavy (non-hydrogen) atoms. The van der Waals surface area contributed by atoms with E-state index in [4.69, 9.17) is 73.4 Å². The molecule has 0 aliphatic carbocycles. The first-order valence-electron chi connectivity index (χ1n) is 33.4. The normalized spacial score (nSPS) is 15.4. The van der Waals surface area contributed by atoms with Crippen molar-refractivity contribution in [3.8, 4) is 34.7 Å². The summed E-state index contributed by atoms with van der Waals surface area (Å²) in [5.41, 5.74) is 2.09. The van der Waals surface area contributed by atoms with Gasteiger partial charge >= 0.3 is 0 Å². The van der Waals surface area contributed by atoms with Crippen LogP contribution in [0.3, 0.4) is 0 Å². The highest BCUT2D eigenvalue weighted by Gasteiger charge is 2.37. The molecule has 3 aliphatic rings. The highest BCUT2D eigenvalue weighted by Crippen LogP contribution is 2.30. The fraction of sp³-hybridized carbons (Fsp3) is 0.280. The molecule has 0 spiro atoms. The lowest BCUT2D eigenvalue weighted by Gasteiger charge is -2.14. The predicted molar refractivity (Wildman–Crippen MR) is 381 cm³/mol. The number of benzene rings is 6. The van der Waals surface area contributed by atoms with E-state index in [0.717, 1.165) is 54.2 Å². The summed E-state index contributed by atoms with van der Waals surface area (Å²) in [6.45, 7) is 4.85. The number of hydrogen-bond donors (Lipinski definition) is 1. The number of aromatic nitrogens is 6. The van der Waals surface area contributed by atoms with Crippen LogP contribution in [-0.2, 0) is 53.5 Å². The molecule has 6 aromatic carbocycles. The van der Waals surface area contributed by atoms with Gasteiger partial charge in [0.1, 0.15) is 73.7 Å². The number of ether oxygens (including phenoxy) is 4. The van der Waals surface area contributed by atoms with Gasteiger partial charge in [-0.1, -0.05) is 71.2 Å². The van der Waals surface area contributed by atoms with Crippen molar-refractivity contribution < 1.29 is 93.7 Å². The van der Waals surface area contributed by atoms with Crippen molar-refractivity contribution in [2.24, 2.45) is 17.8 Å². The number of rotatable bonds is 26. The van der Waals surface area contributed by atoms with Crippen molar-refractivity contribution >= 4 is 69.9 Å². The highest BCUT2D eigenvalue weighted by molar-refractivity contribution is 6.32. The molecule has 0 saturated carbocycles. The number of halogens is 9. The Hall–Kier alpha value is -11.0. The molecular formula is C75H66Cl3F6N9O17. The zero-order valence-electron chi connectivity index (χ0n) is 59.0. The number of β-amino-alcohol motifs (C(OH)–C–C–N with tert-alkyl or cyclic N) is 1. The lowest BCUT2D eigenvalue weighted by Crippen LogP contribution is -2.30. The van der Waals surface area contributed by atoms with E-state index in [0.29, 0.717) is 57.6 Å². The number of ketones is 3. The second-order valence-corrected chi connectivity index (χ2v) is 26.1. The summed E-state index contributed by atoms with van der Waals surface area (Å²) in [6, 6.07) is 23.4. The molecule has 0 unspecified atom stereocenters. The van der Waals surface area contributed by atoms with Gasteiger partial charge < -0.3 is 24.1 Å². The van der Waals surface area contributed by atoms with Crippen LogP contribution in [-0.4, -0.2) is 144 Å². The minimum absolute atomic E-state index is 0.0213. The van der Waals surface area contributed by atoms with E-state index in [-0.39, 0.29) is 169 Å². The van der Waals surface area contributed by atoms with E-state index in [1.54, 1.807) is 57.2 Å². The summed E-state index contributed by atoms with van der Waals surface area (Å²) in [6.07, 6.45) is 3.33. The van der Waals surface area contributed by atoms with Crippen LogP contribution in [0, 0.1) is 73.4 Å². The Morgan fingerprint density at radius 3 is 1.08 bits per heavy atom. The van der Waals surface area contributed by atoms with Gasteiger partial charge in [0.05, 0.1) is 80.9 Å². The maximum atomic E-state index is 13.9. The lowest BCUT2D eigenvalue weighted by molar-refractivity contribution is -0.164. The average Bonchev–Trinajstić information content (AvgIpc) is 1.16. The summed E-state index contributed by atoms with van der Waals surface area (Å²) < 4.78 is 105.